The van der Waals surface area contributed by atoms with E-state index in [4.69, 9.17) is 5.11 Å². The number of aliphatic hydroxyl groups excluding tert-OH is 1. The highest BCUT2D eigenvalue weighted by molar-refractivity contribution is 7.11. The Kier molecular flexibility index (Phi) is 7.67. The molecule has 0 aliphatic rings. The highest BCUT2D eigenvalue weighted by Gasteiger charge is 2.15. The van der Waals surface area contributed by atoms with Crippen molar-refractivity contribution in [2.75, 3.05) is 13.2 Å². The van der Waals surface area contributed by atoms with Gasteiger partial charge in [-0.05, 0) is 38.5 Å². The maximum Gasteiger partial charge on any atom is 0.315 e. The van der Waals surface area contributed by atoms with Crippen LogP contribution in [-0.2, 0) is 0 Å². The minimum absolute atomic E-state index is 0.0925. The Bertz CT molecular complexity index is 434. The van der Waals surface area contributed by atoms with Crippen LogP contribution in [0.2, 0.25) is 0 Å². The SMILES string of the molecule is Cc1cnc(C(C)NC(=O)NCC(CCO)CC(C)C)s1. The Morgan fingerprint density at radius 3 is 2.67 bits per heavy atom. The van der Waals surface area contributed by atoms with Gasteiger partial charge >= 0.3 is 6.03 Å². The van der Waals surface area contributed by atoms with Crippen LogP contribution in [0.1, 0.15) is 49.5 Å². The summed E-state index contributed by atoms with van der Waals surface area (Å²) in [4.78, 5) is 17.3. The largest absolute Gasteiger partial charge is 0.396 e. The molecule has 0 aliphatic carbocycles. The molecule has 2 amide bonds. The first-order valence-electron chi connectivity index (χ1n) is 7.50. The summed E-state index contributed by atoms with van der Waals surface area (Å²) >= 11 is 1.59. The standard InChI is InChI=1S/C15H27N3O2S/c1-10(2)7-13(5-6-19)9-17-15(20)18-12(4)14-16-8-11(3)21-14/h8,10,12-13,19H,5-7,9H2,1-4H3,(H2,17,18,20). The number of carbonyl (C=O) groups is 1. The lowest BCUT2D eigenvalue weighted by Crippen LogP contribution is -2.39. The second-order valence-corrected chi connectivity index (χ2v) is 7.16. The molecule has 1 aromatic heterocycles. The Morgan fingerprint density at radius 2 is 2.14 bits per heavy atom. The molecule has 0 aliphatic heterocycles. The van der Waals surface area contributed by atoms with Crippen molar-refractivity contribution < 1.29 is 9.90 Å². The van der Waals surface area contributed by atoms with Gasteiger partial charge in [0.25, 0.3) is 0 Å². The molecule has 2 atom stereocenters. The number of hydrogen-bond donors (Lipinski definition) is 3. The molecule has 0 saturated carbocycles. The van der Waals surface area contributed by atoms with E-state index >= 15 is 0 Å². The quantitative estimate of drug-likeness (QED) is 0.691. The average Bonchev–Trinajstić information content (AvgIpc) is 2.82. The maximum absolute atomic E-state index is 11.9. The summed E-state index contributed by atoms with van der Waals surface area (Å²) in [6.45, 7) is 8.98. The van der Waals surface area contributed by atoms with Crippen molar-refractivity contribution in [2.45, 2.75) is 46.6 Å². The molecule has 6 heteroatoms. The van der Waals surface area contributed by atoms with Gasteiger partial charge in [0, 0.05) is 24.2 Å². The predicted molar refractivity (Wildman–Crippen MR) is 86.4 cm³/mol. The van der Waals surface area contributed by atoms with Crippen LogP contribution < -0.4 is 10.6 Å². The van der Waals surface area contributed by atoms with E-state index in [1.165, 1.54) is 0 Å². The molecule has 0 saturated heterocycles. The van der Waals surface area contributed by atoms with Crippen molar-refractivity contribution in [2.24, 2.45) is 11.8 Å². The minimum atomic E-state index is -0.179. The van der Waals surface area contributed by atoms with Crippen LogP contribution in [0.3, 0.4) is 0 Å². The monoisotopic (exact) mass is 313 g/mol. The van der Waals surface area contributed by atoms with E-state index in [1.54, 1.807) is 11.3 Å². The van der Waals surface area contributed by atoms with Gasteiger partial charge in [-0.15, -0.1) is 11.3 Å². The van der Waals surface area contributed by atoms with Crippen molar-refractivity contribution in [1.29, 1.82) is 0 Å². The van der Waals surface area contributed by atoms with Gasteiger partial charge in [-0.1, -0.05) is 13.8 Å². The molecule has 1 aromatic rings. The molecule has 1 heterocycles. The van der Waals surface area contributed by atoms with Crippen molar-refractivity contribution in [3.63, 3.8) is 0 Å². The highest BCUT2D eigenvalue weighted by atomic mass is 32.1. The van der Waals surface area contributed by atoms with Crippen LogP contribution in [0, 0.1) is 18.8 Å². The lowest BCUT2D eigenvalue weighted by atomic mass is 9.94. The zero-order valence-corrected chi connectivity index (χ0v) is 14.2. The van der Waals surface area contributed by atoms with Crippen LogP contribution in [0.15, 0.2) is 6.20 Å². The van der Waals surface area contributed by atoms with Crippen molar-refractivity contribution in [3.8, 4) is 0 Å². The van der Waals surface area contributed by atoms with E-state index in [9.17, 15) is 4.79 Å². The number of aromatic nitrogens is 1. The van der Waals surface area contributed by atoms with E-state index in [1.807, 2.05) is 20.0 Å². The normalized spacial score (nSPS) is 14.0. The summed E-state index contributed by atoms with van der Waals surface area (Å²) in [5, 5.41) is 15.8. The second-order valence-electron chi connectivity index (χ2n) is 5.89. The first-order chi connectivity index (χ1) is 9.92. The number of aryl methyl sites for hydroxylation is 1. The maximum atomic E-state index is 11.9. The average molecular weight is 313 g/mol. The predicted octanol–water partition coefficient (Wildman–Crippen LogP) is 2.86. The number of rotatable bonds is 8. The summed E-state index contributed by atoms with van der Waals surface area (Å²) in [6, 6.07) is -0.271. The van der Waals surface area contributed by atoms with Gasteiger partial charge in [0.2, 0.25) is 0 Å². The smallest absolute Gasteiger partial charge is 0.315 e. The third-order valence-electron chi connectivity index (χ3n) is 3.25. The first-order valence-corrected chi connectivity index (χ1v) is 8.31. The molecule has 0 fully saturated rings. The topological polar surface area (TPSA) is 74.2 Å². The number of carbonyl (C=O) groups excluding carboxylic acids is 1. The number of nitrogens with zero attached hydrogens (tertiary/aromatic N) is 1. The van der Waals surface area contributed by atoms with Gasteiger partial charge in [-0.2, -0.15) is 0 Å². The highest BCUT2D eigenvalue weighted by Crippen LogP contribution is 2.19. The number of hydrogen-bond acceptors (Lipinski definition) is 4. The van der Waals surface area contributed by atoms with Crippen molar-refractivity contribution in [3.05, 3.63) is 16.1 Å². The number of amides is 2. The number of urea groups is 1. The molecule has 2 unspecified atom stereocenters. The molecule has 0 radical (unpaired) electrons. The fourth-order valence-electron chi connectivity index (χ4n) is 2.27. The molecular formula is C15H27N3O2S. The van der Waals surface area contributed by atoms with Gasteiger partial charge < -0.3 is 15.7 Å². The molecule has 21 heavy (non-hydrogen) atoms. The van der Waals surface area contributed by atoms with Gasteiger partial charge in [-0.25, -0.2) is 9.78 Å². The molecule has 0 spiro atoms. The van der Waals surface area contributed by atoms with Crippen molar-refractivity contribution >= 4 is 17.4 Å². The van der Waals surface area contributed by atoms with E-state index in [2.05, 4.69) is 29.5 Å². The molecule has 0 bridgehead atoms. The van der Waals surface area contributed by atoms with Gasteiger partial charge in [0.1, 0.15) is 5.01 Å². The zero-order chi connectivity index (χ0) is 15.8. The third kappa shape index (κ3) is 6.91. The van der Waals surface area contributed by atoms with Gasteiger partial charge in [-0.3, -0.25) is 0 Å². The van der Waals surface area contributed by atoms with E-state index in [0.29, 0.717) is 18.4 Å². The van der Waals surface area contributed by atoms with Crippen LogP contribution >= 0.6 is 11.3 Å². The fraction of sp³-hybridized carbons (Fsp3) is 0.733. The van der Waals surface area contributed by atoms with Gasteiger partial charge in [0.15, 0.2) is 0 Å². The summed E-state index contributed by atoms with van der Waals surface area (Å²) in [7, 11) is 0. The molecule has 5 nitrogen and oxygen atoms in total. The Balaban J connectivity index is 2.38. The summed E-state index contributed by atoms with van der Waals surface area (Å²) < 4.78 is 0. The van der Waals surface area contributed by atoms with E-state index in [0.717, 1.165) is 22.7 Å². The Labute approximate surface area is 131 Å². The molecule has 0 aromatic carbocycles. The summed E-state index contributed by atoms with van der Waals surface area (Å²) in [5.41, 5.74) is 0. The van der Waals surface area contributed by atoms with Gasteiger partial charge in [0.05, 0.1) is 6.04 Å². The molecule has 1 rings (SSSR count). The van der Waals surface area contributed by atoms with Crippen LogP contribution in [0.25, 0.3) is 0 Å². The first kappa shape index (κ1) is 17.9. The molecular weight excluding hydrogens is 286 g/mol. The fourth-order valence-corrected chi connectivity index (χ4v) is 3.05. The zero-order valence-electron chi connectivity index (χ0n) is 13.3. The summed E-state index contributed by atoms with van der Waals surface area (Å²) in [5.74, 6) is 0.877. The van der Waals surface area contributed by atoms with Crippen LogP contribution in [0.5, 0.6) is 0 Å². The number of thiazole rings is 1. The minimum Gasteiger partial charge on any atom is -0.396 e. The molecule has 3 N–H and O–H groups in total. The Hall–Kier alpha value is -1.14. The lowest BCUT2D eigenvalue weighted by Gasteiger charge is -2.19. The lowest BCUT2D eigenvalue weighted by molar-refractivity contribution is 0.223. The third-order valence-corrected chi connectivity index (χ3v) is 4.35. The number of aliphatic hydroxyl groups is 1. The van der Waals surface area contributed by atoms with E-state index in [-0.39, 0.29) is 18.7 Å². The van der Waals surface area contributed by atoms with Crippen molar-refractivity contribution in [1.82, 2.24) is 15.6 Å². The van der Waals surface area contributed by atoms with Crippen LogP contribution in [0.4, 0.5) is 4.79 Å². The van der Waals surface area contributed by atoms with E-state index < -0.39 is 0 Å². The summed E-state index contributed by atoms with van der Waals surface area (Å²) in [6.07, 6.45) is 3.54. The molecule has 120 valence electrons. The number of nitrogens with one attached hydrogen (secondary N) is 2. The Morgan fingerprint density at radius 1 is 1.43 bits per heavy atom. The second kappa shape index (κ2) is 9.00. The van der Waals surface area contributed by atoms with Crippen LogP contribution in [-0.4, -0.2) is 29.3 Å².